The van der Waals surface area contributed by atoms with Gasteiger partial charge >= 0.3 is 5.97 Å². The molecule has 0 aliphatic heterocycles. The molecule has 2 rings (SSSR count). The van der Waals surface area contributed by atoms with Gasteiger partial charge in [-0.05, 0) is 43.0 Å². The lowest BCUT2D eigenvalue weighted by molar-refractivity contribution is 0.0695. The lowest BCUT2D eigenvalue weighted by Crippen LogP contribution is -2.20. The zero-order valence-corrected chi connectivity index (χ0v) is 8.38. The average molecular weight is 209 g/mol. The summed E-state index contributed by atoms with van der Waals surface area (Å²) < 4.78 is 13.4. The summed E-state index contributed by atoms with van der Waals surface area (Å²) in [7, 11) is 0. The van der Waals surface area contributed by atoms with Crippen LogP contribution in [0.1, 0.15) is 34.3 Å². The summed E-state index contributed by atoms with van der Waals surface area (Å²) in [5.74, 6) is -1.61. The van der Waals surface area contributed by atoms with Gasteiger partial charge < -0.3 is 10.8 Å². The Balaban J connectivity index is 2.56. The van der Waals surface area contributed by atoms with E-state index in [1.165, 1.54) is 19.1 Å². The van der Waals surface area contributed by atoms with Crippen LogP contribution in [0, 0.1) is 12.7 Å². The summed E-state index contributed by atoms with van der Waals surface area (Å²) in [6, 6.07) is 2.82. The van der Waals surface area contributed by atoms with Crippen LogP contribution in [0.2, 0.25) is 0 Å². The third-order valence-corrected chi connectivity index (χ3v) is 2.94. The molecule has 0 amide bonds. The second-order valence-corrected chi connectivity index (χ2v) is 4.09. The quantitative estimate of drug-likeness (QED) is 0.780. The van der Waals surface area contributed by atoms with Gasteiger partial charge in [-0.2, -0.15) is 0 Å². The fourth-order valence-electron chi connectivity index (χ4n) is 1.61. The van der Waals surface area contributed by atoms with E-state index in [2.05, 4.69) is 0 Å². The van der Waals surface area contributed by atoms with Gasteiger partial charge in [-0.25, -0.2) is 9.18 Å². The first-order valence-corrected chi connectivity index (χ1v) is 4.77. The van der Waals surface area contributed by atoms with E-state index < -0.39 is 17.3 Å². The molecule has 0 atom stereocenters. The molecule has 1 aromatic rings. The van der Waals surface area contributed by atoms with Crippen molar-refractivity contribution in [1.29, 1.82) is 0 Å². The number of halogens is 1. The van der Waals surface area contributed by atoms with Gasteiger partial charge in [0.15, 0.2) is 0 Å². The van der Waals surface area contributed by atoms with Crippen molar-refractivity contribution < 1.29 is 14.3 Å². The van der Waals surface area contributed by atoms with Gasteiger partial charge in [-0.1, -0.05) is 0 Å². The molecule has 1 saturated carbocycles. The predicted molar refractivity (Wildman–Crippen MR) is 53.2 cm³/mol. The molecule has 3 N–H and O–H groups in total. The van der Waals surface area contributed by atoms with E-state index in [1.54, 1.807) is 0 Å². The Bertz CT molecular complexity index is 438. The molecule has 15 heavy (non-hydrogen) atoms. The lowest BCUT2D eigenvalue weighted by atomic mass is 9.99. The average Bonchev–Trinajstić information content (AvgIpc) is 2.89. The predicted octanol–water partition coefficient (Wildman–Crippen LogP) is 1.78. The first kappa shape index (κ1) is 10.1. The second-order valence-electron chi connectivity index (χ2n) is 4.09. The van der Waals surface area contributed by atoms with E-state index in [0.717, 1.165) is 12.8 Å². The number of carbonyl (C=O) groups is 1. The van der Waals surface area contributed by atoms with E-state index >= 15 is 0 Å². The maximum absolute atomic E-state index is 13.4. The number of carboxylic acid groups (broad SMARTS) is 1. The van der Waals surface area contributed by atoms with Gasteiger partial charge in [0, 0.05) is 5.54 Å². The van der Waals surface area contributed by atoms with Crippen molar-refractivity contribution in [3.05, 3.63) is 34.6 Å². The normalized spacial score (nSPS) is 17.5. The molecular weight excluding hydrogens is 197 g/mol. The molecule has 0 radical (unpaired) electrons. The first-order chi connectivity index (χ1) is 6.94. The van der Waals surface area contributed by atoms with Crippen molar-refractivity contribution in [2.75, 3.05) is 0 Å². The van der Waals surface area contributed by atoms with E-state index in [9.17, 15) is 9.18 Å². The number of hydrogen-bond acceptors (Lipinski definition) is 2. The Morgan fingerprint density at radius 2 is 2.13 bits per heavy atom. The minimum atomic E-state index is -1.11. The molecule has 80 valence electrons. The van der Waals surface area contributed by atoms with Crippen molar-refractivity contribution in [2.24, 2.45) is 5.73 Å². The molecule has 0 heterocycles. The number of rotatable bonds is 2. The summed E-state index contributed by atoms with van der Waals surface area (Å²) in [5.41, 5.74) is 6.15. The van der Waals surface area contributed by atoms with Crippen LogP contribution < -0.4 is 5.73 Å². The van der Waals surface area contributed by atoms with Crippen LogP contribution in [0.15, 0.2) is 12.1 Å². The van der Waals surface area contributed by atoms with Crippen molar-refractivity contribution in [3.8, 4) is 0 Å². The van der Waals surface area contributed by atoms with Crippen LogP contribution >= 0.6 is 0 Å². The molecule has 4 heteroatoms. The van der Waals surface area contributed by atoms with Gasteiger partial charge in [0.2, 0.25) is 0 Å². The van der Waals surface area contributed by atoms with Crippen molar-refractivity contribution in [2.45, 2.75) is 25.3 Å². The fraction of sp³-hybridized carbons (Fsp3) is 0.364. The fourth-order valence-corrected chi connectivity index (χ4v) is 1.61. The Kier molecular flexibility index (Phi) is 2.04. The molecule has 0 unspecified atom stereocenters. The summed E-state index contributed by atoms with van der Waals surface area (Å²) in [6.07, 6.45) is 1.57. The number of hydrogen-bond donors (Lipinski definition) is 2. The largest absolute Gasteiger partial charge is 0.478 e. The Hall–Kier alpha value is -1.42. The van der Waals surface area contributed by atoms with E-state index in [0.29, 0.717) is 5.56 Å². The van der Waals surface area contributed by atoms with Crippen LogP contribution in [-0.4, -0.2) is 11.1 Å². The molecule has 1 aliphatic rings. The van der Waals surface area contributed by atoms with Crippen molar-refractivity contribution in [1.82, 2.24) is 0 Å². The molecule has 1 aliphatic carbocycles. The highest BCUT2D eigenvalue weighted by Gasteiger charge is 2.40. The van der Waals surface area contributed by atoms with Gasteiger partial charge in [0.1, 0.15) is 5.82 Å². The zero-order chi connectivity index (χ0) is 11.2. The Morgan fingerprint density at radius 1 is 1.53 bits per heavy atom. The van der Waals surface area contributed by atoms with Crippen LogP contribution in [-0.2, 0) is 5.54 Å². The molecule has 0 spiro atoms. The van der Waals surface area contributed by atoms with Crippen LogP contribution in [0.3, 0.4) is 0 Å². The standard InChI is InChI=1S/C11H12FNO2/c1-6-8(10(14)15)4-7(5-9(6)12)11(13)2-3-11/h4-5H,2-3,13H2,1H3,(H,14,15). The van der Waals surface area contributed by atoms with Crippen molar-refractivity contribution >= 4 is 5.97 Å². The highest BCUT2D eigenvalue weighted by molar-refractivity contribution is 5.89. The minimum Gasteiger partial charge on any atom is -0.478 e. The van der Waals surface area contributed by atoms with Crippen LogP contribution in [0.25, 0.3) is 0 Å². The SMILES string of the molecule is Cc1c(F)cc(C2(N)CC2)cc1C(=O)O. The highest BCUT2D eigenvalue weighted by Crippen LogP contribution is 2.43. The van der Waals surface area contributed by atoms with E-state index in [4.69, 9.17) is 10.8 Å². The second kappa shape index (κ2) is 3.03. The topological polar surface area (TPSA) is 63.3 Å². The summed E-state index contributed by atoms with van der Waals surface area (Å²) in [5, 5.41) is 8.89. The van der Waals surface area contributed by atoms with Gasteiger partial charge in [-0.15, -0.1) is 0 Å². The van der Waals surface area contributed by atoms with Crippen LogP contribution in [0.4, 0.5) is 4.39 Å². The number of carboxylic acids is 1. The third-order valence-electron chi connectivity index (χ3n) is 2.94. The van der Waals surface area contributed by atoms with Gasteiger partial charge in [0.05, 0.1) is 5.56 Å². The zero-order valence-electron chi connectivity index (χ0n) is 8.38. The third kappa shape index (κ3) is 1.61. The highest BCUT2D eigenvalue weighted by atomic mass is 19.1. The summed E-state index contributed by atoms with van der Waals surface area (Å²) >= 11 is 0. The molecule has 1 aromatic carbocycles. The summed E-state index contributed by atoms with van der Waals surface area (Å²) in [4.78, 5) is 10.9. The van der Waals surface area contributed by atoms with E-state index in [-0.39, 0.29) is 11.1 Å². The molecule has 0 aromatic heterocycles. The molecular formula is C11H12FNO2. The van der Waals surface area contributed by atoms with E-state index in [1.807, 2.05) is 0 Å². The molecule has 3 nitrogen and oxygen atoms in total. The number of aromatic carboxylic acids is 1. The molecule has 0 bridgehead atoms. The van der Waals surface area contributed by atoms with Gasteiger partial charge in [-0.3, -0.25) is 0 Å². The monoisotopic (exact) mass is 209 g/mol. The Morgan fingerprint density at radius 3 is 2.60 bits per heavy atom. The minimum absolute atomic E-state index is 0.00160. The number of benzene rings is 1. The lowest BCUT2D eigenvalue weighted by Gasteiger charge is -2.12. The smallest absolute Gasteiger partial charge is 0.336 e. The van der Waals surface area contributed by atoms with Gasteiger partial charge in [0.25, 0.3) is 0 Å². The molecule has 1 fully saturated rings. The number of nitrogens with two attached hydrogens (primary N) is 1. The maximum Gasteiger partial charge on any atom is 0.336 e. The molecule has 0 saturated heterocycles. The van der Waals surface area contributed by atoms with Crippen molar-refractivity contribution in [3.63, 3.8) is 0 Å². The summed E-state index contributed by atoms with van der Waals surface area (Å²) in [6.45, 7) is 1.46. The van der Waals surface area contributed by atoms with Crippen LogP contribution in [0.5, 0.6) is 0 Å². The first-order valence-electron chi connectivity index (χ1n) is 4.77. The maximum atomic E-state index is 13.4. The Labute approximate surface area is 86.7 Å².